The Balaban J connectivity index is 0.000000210. The van der Waals surface area contributed by atoms with E-state index in [0.717, 1.165) is 71.9 Å². The van der Waals surface area contributed by atoms with E-state index in [1.54, 1.807) is 18.2 Å². The number of hydrogen-bond donors (Lipinski definition) is 0. The largest absolute Gasteiger partial charge is 0.501 e. The number of hydrogen-bond acceptors (Lipinski definition) is 3. The second kappa shape index (κ2) is 13.9. The molecule has 4 nitrogen and oxygen atoms in total. The van der Waals surface area contributed by atoms with Gasteiger partial charge >= 0.3 is 0 Å². The van der Waals surface area contributed by atoms with Gasteiger partial charge in [-0.3, -0.25) is 4.98 Å². The molecule has 0 amide bonds. The number of furan rings is 1. The first kappa shape index (κ1) is 30.1. The molecule has 0 aliphatic carbocycles. The van der Waals surface area contributed by atoms with Crippen LogP contribution in [0.3, 0.4) is 0 Å². The number of benzene rings is 7. The molecule has 0 bridgehead atoms. The van der Waals surface area contributed by atoms with Gasteiger partial charge in [0.25, 0.3) is 0 Å². The minimum Gasteiger partial charge on any atom is -0.501 e. The Morgan fingerprint density at radius 1 is 0.574 bits per heavy atom. The van der Waals surface area contributed by atoms with Crippen LogP contribution in [0, 0.1) is 19.0 Å². The summed E-state index contributed by atoms with van der Waals surface area (Å²) in [6.45, 7) is -2.09. The van der Waals surface area contributed by atoms with Gasteiger partial charge in [0.1, 0.15) is 5.58 Å². The van der Waals surface area contributed by atoms with Crippen LogP contribution in [0.5, 0.6) is 0 Å². The third kappa shape index (κ3) is 5.57. The maximum absolute atomic E-state index is 7.23. The van der Waals surface area contributed by atoms with Gasteiger partial charge in [-0.25, -0.2) is 0 Å². The van der Waals surface area contributed by atoms with Crippen molar-refractivity contribution < 1.29 is 28.6 Å². The second-order valence-electron chi connectivity index (χ2n) is 13.0. The standard InChI is InChI=1S/C37H21N2O.C12H10N.Ir/c1-3-13-25-23(11-1)24-12-2-4-14-26(24)29-17-10-20-32-35(29)39(33-21-7-5-15-27(25)33)37(38-32)31-19-9-18-30-28-16-6-8-22-34(28)40-36(30)31;1-10-7-8-12(13-9-10)11-5-3-2-4-6-11;/h1-18,20-22H;2-5,7-9H,1H3;/q2*-1;/i;1D3;. The second-order valence-corrected chi connectivity index (χ2v) is 13.0. The molecule has 0 spiro atoms. The van der Waals surface area contributed by atoms with Crippen LogP contribution in [0.2, 0.25) is 0 Å². The molecule has 0 aliphatic rings. The first-order chi connectivity index (χ1) is 27.4. The van der Waals surface area contributed by atoms with E-state index in [2.05, 4.69) is 131 Å². The average Bonchev–Trinajstić information content (AvgIpc) is 3.84. The zero-order chi connectivity index (χ0) is 37.8. The van der Waals surface area contributed by atoms with Gasteiger partial charge in [0, 0.05) is 52.1 Å². The molecule has 54 heavy (non-hydrogen) atoms. The molecular formula is C49H31IrN3O-2. The van der Waals surface area contributed by atoms with Crippen molar-refractivity contribution in [3.05, 3.63) is 188 Å². The number of pyridine rings is 1. The topological polar surface area (TPSA) is 43.3 Å². The Bertz CT molecular complexity index is 3300. The molecule has 0 atom stereocenters. The SMILES string of the molecule is [2H]C([2H])([2H])c1ccc(-c2[c-]cccc2)nc1.[Ir].[c-]1ccc2c(oc3ccccc32)c1-c1nc2cccc3c4ccccc4c4ccccc4c4ccccc4n1c23. The molecule has 0 unspecified atom stereocenters. The van der Waals surface area contributed by atoms with Crippen LogP contribution >= 0.6 is 0 Å². The normalized spacial score (nSPS) is 12.3. The third-order valence-electron chi connectivity index (χ3n) is 9.86. The number of para-hydroxylation sites is 3. The Labute approximate surface area is 329 Å². The van der Waals surface area contributed by atoms with Gasteiger partial charge in [-0.15, -0.1) is 54.1 Å². The summed E-state index contributed by atoms with van der Waals surface area (Å²) >= 11 is 0. The number of aromatic nitrogens is 3. The van der Waals surface area contributed by atoms with Gasteiger partial charge < -0.3 is 13.8 Å². The van der Waals surface area contributed by atoms with E-state index < -0.39 is 6.85 Å². The van der Waals surface area contributed by atoms with E-state index in [1.165, 1.54) is 27.7 Å². The number of nitrogens with zero attached hydrogens (tertiary/aromatic N) is 3. The zero-order valence-electron chi connectivity index (χ0n) is 31.7. The number of imidazole rings is 1. The van der Waals surface area contributed by atoms with Crippen LogP contribution in [0.4, 0.5) is 0 Å². The summed E-state index contributed by atoms with van der Waals surface area (Å²) in [4.78, 5) is 9.41. The van der Waals surface area contributed by atoms with Gasteiger partial charge in [0.05, 0.1) is 22.4 Å². The smallest absolute Gasteiger partial charge is 0.120 e. The Morgan fingerprint density at radius 2 is 1.24 bits per heavy atom. The van der Waals surface area contributed by atoms with Crippen LogP contribution in [0.1, 0.15) is 9.68 Å². The molecule has 4 aromatic heterocycles. The molecule has 11 aromatic rings. The fourth-order valence-electron chi connectivity index (χ4n) is 7.51. The molecule has 5 heteroatoms. The van der Waals surface area contributed by atoms with E-state index in [-0.39, 0.29) is 25.7 Å². The summed E-state index contributed by atoms with van der Waals surface area (Å²) in [5, 5.41) is 9.27. The molecular weight excluding hydrogens is 839 g/mol. The molecule has 11 rings (SSSR count). The van der Waals surface area contributed by atoms with Crippen LogP contribution < -0.4 is 0 Å². The summed E-state index contributed by atoms with van der Waals surface area (Å²) in [6.07, 6.45) is 1.39. The van der Waals surface area contributed by atoms with Gasteiger partial charge in [0.15, 0.2) is 0 Å². The third-order valence-corrected chi connectivity index (χ3v) is 9.86. The molecule has 7 aromatic carbocycles. The van der Waals surface area contributed by atoms with E-state index in [9.17, 15) is 0 Å². The fourth-order valence-corrected chi connectivity index (χ4v) is 7.51. The van der Waals surface area contributed by atoms with Crippen molar-refractivity contribution in [3.8, 4) is 22.6 Å². The average molecular weight is 873 g/mol. The van der Waals surface area contributed by atoms with Crippen molar-refractivity contribution in [2.45, 2.75) is 6.85 Å². The van der Waals surface area contributed by atoms with Crippen LogP contribution in [-0.2, 0) is 20.1 Å². The van der Waals surface area contributed by atoms with E-state index in [1.807, 2.05) is 36.4 Å². The van der Waals surface area contributed by atoms with Gasteiger partial charge in [0.2, 0.25) is 0 Å². The number of aryl methyl sites for hydroxylation is 1. The minimum atomic E-state index is -2.09. The van der Waals surface area contributed by atoms with Crippen molar-refractivity contribution in [3.63, 3.8) is 0 Å². The Morgan fingerprint density at radius 3 is 1.96 bits per heavy atom. The summed E-state index contributed by atoms with van der Waals surface area (Å²) in [6, 6.07) is 62.0. The monoisotopic (exact) mass is 873 g/mol. The van der Waals surface area contributed by atoms with Crippen molar-refractivity contribution >= 4 is 70.8 Å². The first-order valence-electron chi connectivity index (χ1n) is 19.0. The van der Waals surface area contributed by atoms with E-state index in [4.69, 9.17) is 13.5 Å². The molecule has 1 radical (unpaired) electrons. The predicted octanol–water partition coefficient (Wildman–Crippen LogP) is 12.7. The Kier molecular flexibility index (Phi) is 7.73. The number of fused-ring (bicyclic) bond motifs is 10. The minimum absolute atomic E-state index is 0. The van der Waals surface area contributed by atoms with Crippen molar-refractivity contribution in [2.24, 2.45) is 0 Å². The van der Waals surface area contributed by atoms with Crippen LogP contribution in [0.15, 0.2) is 174 Å². The molecule has 0 saturated heterocycles. The van der Waals surface area contributed by atoms with Gasteiger partial charge in [-0.1, -0.05) is 120 Å². The summed E-state index contributed by atoms with van der Waals surface area (Å²) in [7, 11) is 0. The van der Waals surface area contributed by atoms with Crippen molar-refractivity contribution in [1.29, 1.82) is 0 Å². The van der Waals surface area contributed by atoms with E-state index >= 15 is 0 Å². The molecule has 0 saturated carbocycles. The fraction of sp³-hybridized carbons (Fsp3) is 0.0204. The summed E-state index contributed by atoms with van der Waals surface area (Å²) in [5.41, 5.74) is 7.45. The maximum Gasteiger partial charge on any atom is 0.120 e. The Hall–Kier alpha value is -6.39. The number of rotatable bonds is 2. The maximum atomic E-state index is 7.23. The first-order valence-corrected chi connectivity index (χ1v) is 17.5. The van der Waals surface area contributed by atoms with Gasteiger partial charge in [-0.05, 0) is 57.9 Å². The zero-order valence-corrected chi connectivity index (χ0v) is 31.1. The molecule has 0 N–H and O–H groups in total. The molecule has 0 fully saturated rings. The quantitative estimate of drug-likeness (QED) is 0.163. The summed E-state index contributed by atoms with van der Waals surface area (Å²) < 4.78 is 30.5. The molecule has 259 valence electrons. The van der Waals surface area contributed by atoms with Crippen molar-refractivity contribution in [1.82, 2.24) is 14.4 Å². The van der Waals surface area contributed by atoms with E-state index in [0.29, 0.717) is 0 Å². The van der Waals surface area contributed by atoms with Crippen LogP contribution in [-0.4, -0.2) is 14.4 Å². The van der Waals surface area contributed by atoms with Gasteiger partial charge in [-0.2, -0.15) is 0 Å². The predicted molar refractivity (Wildman–Crippen MR) is 219 cm³/mol. The summed E-state index contributed by atoms with van der Waals surface area (Å²) in [5.74, 6) is 0.816. The van der Waals surface area contributed by atoms with Crippen molar-refractivity contribution in [2.75, 3.05) is 0 Å². The van der Waals surface area contributed by atoms with Crippen LogP contribution in [0.25, 0.3) is 93.5 Å². The molecule has 0 aliphatic heterocycles. The molecule has 4 heterocycles.